The van der Waals surface area contributed by atoms with Gasteiger partial charge in [-0.3, -0.25) is 19.1 Å². The molecule has 0 aliphatic carbocycles. The molecule has 2 amide bonds. The summed E-state index contributed by atoms with van der Waals surface area (Å²) in [6.45, 7) is 13.7. The Morgan fingerprint density at radius 1 is 0.814 bits per heavy atom. The van der Waals surface area contributed by atoms with E-state index >= 15 is 0 Å². The van der Waals surface area contributed by atoms with E-state index in [0.717, 1.165) is 19.4 Å². The predicted octanol–water partition coefficient (Wildman–Crippen LogP) is 4.82. The second-order valence-electron chi connectivity index (χ2n) is 12.1. The molecule has 11 nitrogen and oxygen atoms in total. The van der Waals surface area contributed by atoms with Crippen molar-refractivity contribution in [1.82, 2.24) is 14.7 Å². The maximum absolute atomic E-state index is 12.4. The molecule has 2 atom stereocenters. The second-order valence-corrected chi connectivity index (χ2v) is 12.1. The van der Waals surface area contributed by atoms with Gasteiger partial charge in [0, 0.05) is 32.7 Å². The van der Waals surface area contributed by atoms with Gasteiger partial charge in [0.05, 0.1) is 22.7 Å². The van der Waals surface area contributed by atoms with E-state index in [-0.39, 0.29) is 5.97 Å². The van der Waals surface area contributed by atoms with Gasteiger partial charge in [0.1, 0.15) is 23.3 Å². The number of halogens is 1. The van der Waals surface area contributed by atoms with Crippen LogP contribution in [0.5, 0.6) is 0 Å². The standard InChI is InChI=1S/C18H26N2O4.C12H21NO4.CH3F/c1-18(2,3)24-17(22)20-11-10-19(13-15(20)16(21)23-4)12-14-8-6-5-7-9-14;1-12(2,3)17-11(15)13-8-6-5-7-9(13)10(14)16-4;1-2/h5-9,15H,10-13H2,1-4H3;9H,5-8H2,1-4H3;1H3/t15-;9-;/m00./s1/i;;1D. The van der Waals surface area contributed by atoms with Crippen LogP contribution >= 0.6 is 0 Å². The first-order valence-electron chi connectivity index (χ1n) is 15.0. The molecular formula is C31H50FN3O8. The summed E-state index contributed by atoms with van der Waals surface area (Å²) in [7, 11) is 1.68. The number of piperazine rings is 1. The third kappa shape index (κ3) is 13.2. The minimum atomic E-state index is -1.00. The Labute approximate surface area is 257 Å². The number of nitrogens with zero attached hydrogens (tertiary/aromatic N) is 3. The Morgan fingerprint density at radius 3 is 1.79 bits per heavy atom. The summed E-state index contributed by atoms with van der Waals surface area (Å²) in [4.78, 5) is 53.1. The van der Waals surface area contributed by atoms with Gasteiger partial charge in [-0.25, -0.2) is 19.2 Å². The lowest BCUT2D eigenvalue weighted by atomic mass is 10.0. The lowest BCUT2D eigenvalue weighted by molar-refractivity contribution is -0.149. The van der Waals surface area contributed by atoms with Crippen LogP contribution in [-0.4, -0.2) is 110 Å². The fourth-order valence-electron chi connectivity index (χ4n) is 4.55. The average Bonchev–Trinajstić information content (AvgIpc) is 2.95. The number of amides is 2. The number of carbonyl (C=O) groups excluding carboxylic acids is 4. The Morgan fingerprint density at radius 2 is 1.30 bits per heavy atom. The van der Waals surface area contributed by atoms with Gasteiger partial charge in [0.25, 0.3) is 0 Å². The first kappa shape index (κ1) is 35.8. The molecule has 2 heterocycles. The monoisotopic (exact) mass is 612 g/mol. The molecule has 0 aromatic heterocycles. The molecule has 2 saturated heterocycles. The minimum absolute atomic E-state index is 0.365. The molecule has 0 N–H and O–H groups in total. The van der Waals surface area contributed by atoms with Gasteiger partial charge in [0.2, 0.25) is 0 Å². The molecule has 0 spiro atoms. The number of rotatable bonds is 4. The van der Waals surface area contributed by atoms with Gasteiger partial charge < -0.3 is 18.9 Å². The van der Waals surface area contributed by atoms with Crippen molar-refractivity contribution in [3.63, 3.8) is 0 Å². The molecule has 0 bridgehead atoms. The number of likely N-dealkylation sites (tertiary alicyclic amines) is 1. The van der Waals surface area contributed by atoms with E-state index in [1.807, 2.05) is 71.9 Å². The number of piperidine rings is 1. The van der Waals surface area contributed by atoms with Gasteiger partial charge in [-0.05, 0) is 66.4 Å². The fraction of sp³-hybridized carbons (Fsp3) is 0.677. The van der Waals surface area contributed by atoms with Crippen LogP contribution in [0.3, 0.4) is 0 Å². The van der Waals surface area contributed by atoms with Gasteiger partial charge in [0.15, 0.2) is 0 Å². The first-order chi connectivity index (χ1) is 20.6. The zero-order valence-corrected chi connectivity index (χ0v) is 26.9. The molecule has 1 aromatic carbocycles. The lowest BCUT2D eigenvalue weighted by Crippen LogP contribution is -2.59. The smallest absolute Gasteiger partial charge is 0.411 e. The molecule has 0 saturated carbocycles. The van der Waals surface area contributed by atoms with E-state index in [9.17, 15) is 23.6 Å². The third-order valence-electron chi connectivity index (χ3n) is 6.42. The zero-order valence-electron chi connectivity index (χ0n) is 27.9. The summed E-state index contributed by atoms with van der Waals surface area (Å²) < 4.78 is 35.8. The van der Waals surface area contributed by atoms with E-state index in [2.05, 4.69) is 4.90 Å². The maximum Gasteiger partial charge on any atom is 0.411 e. The largest absolute Gasteiger partial charge is 0.467 e. The van der Waals surface area contributed by atoms with Gasteiger partial charge in [-0.1, -0.05) is 30.3 Å². The third-order valence-corrected chi connectivity index (χ3v) is 6.42. The highest BCUT2D eigenvalue weighted by Crippen LogP contribution is 2.21. The van der Waals surface area contributed by atoms with E-state index in [1.54, 1.807) is 0 Å². The van der Waals surface area contributed by atoms with Gasteiger partial charge in [-0.15, -0.1) is 0 Å². The van der Waals surface area contributed by atoms with Crippen LogP contribution in [0.15, 0.2) is 30.3 Å². The summed E-state index contributed by atoms with van der Waals surface area (Å²) in [6, 6.07) is 8.90. The lowest BCUT2D eigenvalue weighted by Gasteiger charge is -2.40. The van der Waals surface area contributed by atoms with E-state index in [0.29, 0.717) is 32.6 Å². The van der Waals surface area contributed by atoms with Crippen LogP contribution in [0.4, 0.5) is 14.0 Å². The fourth-order valence-corrected chi connectivity index (χ4v) is 4.55. The Balaban J connectivity index is 0.000000424. The number of benzene rings is 1. The molecule has 3 rings (SSSR count). The number of ether oxygens (including phenoxy) is 4. The summed E-state index contributed by atoms with van der Waals surface area (Å²) in [5, 5.41) is 0. The SMILES string of the molecule is COC(=O)[C@@H]1CCCCN1C(=O)OC(C)(C)C.COC(=O)[C@@H]1CN(Cc2ccccc2)CCN1C(=O)OC(C)(C)C.[2H]CF. The van der Waals surface area contributed by atoms with E-state index < -0.39 is 48.6 Å². The summed E-state index contributed by atoms with van der Waals surface area (Å²) in [5.74, 6) is -0.783. The van der Waals surface area contributed by atoms with Crippen LogP contribution in [0.1, 0.15) is 67.7 Å². The Bertz CT molecular complexity index is 1050. The second kappa shape index (κ2) is 17.6. The molecule has 43 heavy (non-hydrogen) atoms. The van der Waals surface area contributed by atoms with Crippen molar-refractivity contribution in [2.45, 2.75) is 90.6 Å². The van der Waals surface area contributed by atoms with Crippen LogP contribution in [0.2, 0.25) is 0 Å². The van der Waals surface area contributed by atoms with Crippen molar-refractivity contribution in [3.05, 3.63) is 35.9 Å². The molecule has 2 aliphatic rings. The summed E-state index contributed by atoms with van der Waals surface area (Å²) >= 11 is 0. The number of esters is 2. The van der Waals surface area contributed by atoms with Crippen LogP contribution in [-0.2, 0) is 35.1 Å². The quantitative estimate of drug-likeness (QED) is 0.349. The molecule has 0 radical (unpaired) electrons. The molecule has 0 unspecified atom stereocenters. The van der Waals surface area contributed by atoms with Gasteiger partial charge >= 0.3 is 24.1 Å². The molecule has 2 fully saturated rings. The molecular weight excluding hydrogens is 561 g/mol. The normalized spacial score (nSPS) is 19.3. The average molecular weight is 613 g/mol. The summed E-state index contributed by atoms with van der Waals surface area (Å²) in [5.41, 5.74) is 0.0283. The van der Waals surface area contributed by atoms with Crippen molar-refractivity contribution in [1.29, 1.82) is 0 Å². The maximum atomic E-state index is 12.4. The van der Waals surface area contributed by atoms with E-state index in [4.69, 9.17) is 20.3 Å². The molecule has 12 heteroatoms. The number of hydrogen-bond acceptors (Lipinski definition) is 9. The number of carbonyl (C=O) groups is 4. The van der Waals surface area contributed by atoms with Crippen LogP contribution < -0.4 is 0 Å². The van der Waals surface area contributed by atoms with Crippen LogP contribution in [0.25, 0.3) is 0 Å². The van der Waals surface area contributed by atoms with Crippen molar-refractivity contribution < 1.29 is 43.9 Å². The van der Waals surface area contributed by atoms with Crippen molar-refractivity contribution in [2.24, 2.45) is 0 Å². The zero-order chi connectivity index (χ0) is 33.5. The van der Waals surface area contributed by atoms with Crippen LogP contribution in [0, 0.1) is 0 Å². The van der Waals surface area contributed by atoms with E-state index in [1.165, 1.54) is 29.6 Å². The Kier molecular flexibility index (Phi) is 14.7. The first-order valence-corrected chi connectivity index (χ1v) is 14.3. The predicted molar refractivity (Wildman–Crippen MR) is 160 cm³/mol. The van der Waals surface area contributed by atoms with Crippen molar-refractivity contribution in [2.75, 3.05) is 47.6 Å². The Hall–Kier alpha value is -3.41. The molecule has 1 aromatic rings. The number of alkyl halides is 1. The van der Waals surface area contributed by atoms with Crippen molar-refractivity contribution in [3.8, 4) is 0 Å². The highest BCUT2D eigenvalue weighted by Gasteiger charge is 2.38. The van der Waals surface area contributed by atoms with Gasteiger partial charge in [-0.2, -0.15) is 0 Å². The van der Waals surface area contributed by atoms with Crippen molar-refractivity contribution >= 4 is 24.1 Å². The number of hydrogen-bond donors (Lipinski definition) is 0. The number of methoxy groups -OCH3 is 2. The minimum Gasteiger partial charge on any atom is -0.467 e. The summed E-state index contributed by atoms with van der Waals surface area (Å²) in [6.07, 6.45) is 1.56. The highest BCUT2D eigenvalue weighted by molar-refractivity contribution is 5.82. The molecule has 244 valence electrons. The highest BCUT2D eigenvalue weighted by atomic mass is 19.1. The topological polar surface area (TPSA) is 115 Å². The molecule has 2 aliphatic heterocycles.